The Balaban J connectivity index is 1.99. The zero-order valence-electron chi connectivity index (χ0n) is 12.9. The minimum Gasteiger partial charge on any atom is -0.321 e. The first kappa shape index (κ1) is 14.9. The Morgan fingerprint density at radius 2 is 1.73 bits per heavy atom. The van der Waals surface area contributed by atoms with Gasteiger partial charge in [-0.25, -0.2) is 0 Å². The van der Waals surface area contributed by atoms with Gasteiger partial charge in [0.2, 0.25) is 0 Å². The van der Waals surface area contributed by atoms with Gasteiger partial charge in [0.25, 0.3) is 5.91 Å². The molecule has 2 aromatic carbocycles. The van der Waals surface area contributed by atoms with Crippen LogP contribution < -0.4 is 5.32 Å². The number of nitrogens with one attached hydrogen (secondary N) is 1. The van der Waals surface area contributed by atoms with E-state index < -0.39 is 0 Å². The summed E-state index contributed by atoms with van der Waals surface area (Å²) >= 11 is 6.04. The molecule has 0 saturated carbocycles. The first-order valence-corrected chi connectivity index (χ1v) is 7.66. The van der Waals surface area contributed by atoms with Crippen LogP contribution >= 0.6 is 11.6 Å². The van der Waals surface area contributed by atoms with Crippen LogP contribution in [-0.4, -0.2) is 5.91 Å². The molecule has 1 aliphatic heterocycles. The van der Waals surface area contributed by atoms with E-state index in [9.17, 15) is 4.79 Å². The second-order valence-electron chi connectivity index (χ2n) is 6.57. The first-order valence-electron chi connectivity index (χ1n) is 7.28. The van der Waals surface area contributed by atoms with Gasteiger partial charge in [0.05, 0.1) is 0 Å². The van der Waals surface area contributed by atoms with Crippen LogP contribution in [-0.2, 0) is 10.2 Å². The Hall–Kier alpha value is -2.06. The van der Waals surface area contributed by atoms with Gasteiger partial charge in [0.1, 0.15) is 0 Å². The van der Waals surface area contributed by atoms with Crippen molar-refractivity contribution in [2.24, 2.45) is 0 Å². The summed E-state index contributed by atoms with van der Waals surface area (Å²) in [6.07, 6.45) is 1.91. The lowest BCUT2D eigenvalue weighted by Gasteiger charge is -2.18. The quantitative estimate of drug-likeness (QED) is 0.727. The molecule has 1 heterocycles. The number of amides is 1. The highest BCUT2D eigenvalue weighted by atomic mass is 35.5. The number of hydrogen-bond donors (Lipinski definition) is 1. The largest absolute Gasteiger partial charge is 0.321 e. The van der Waals surface area contributed by atoms with Gasteiger partial charge in [-0.1, -0.05) is 56.6 Å². The predicted molar refractivity (Wildman–Crippen MR) is 93.1 cm³/mol. The van der Waals surface area contributed by atoms with Gasteiger partial charge in [0, 0.05) is 21.8 Å². The van der Waals surface area contributed by atoms with Crippen LogP contribution in [0.3, 0.4) is 0 Å². The minimum absolute atomic E-state index is 0.0860. The van der Waals surface area contributed by atoms with E-state index in [-0.39, 0.29) is 11.3 Å². The molecule has 112 valence electrons. The molecule has 0 aliphatic carbocycles. The maximum absolute atomic E-state index is 12.2. The van der Waals surface area contributed by atoms with Crippen LogP contribution in [0.25, 0.3) is 11.6 Å². The molecule has 0 radical (unpaired) electrons. The average molecular weight is 312 g/mol. The second kappa shape index (κ2) is 5.29. The van der Waals surface area contributed by atoms with E-state index in [1.54, 1.807) is 6.07 Å². The molecule has 0 saturated heterocycles. The van der Waals surface area contributed by atoms with Crippen LogP contribution in [0.5, 0.6) is 0 Å². The Morgan fingerprint density at radius 3 is 2.36 bits per heavy atom. The topological polar surface area (TPSA) is 29.1 Å². The standard InChI is InChI=1S/C19H18ClNO/c1-19(2,3)13-6-4-12(5-7-13)10-16-15-11-14(20)8-9-17(15)21-18(16)22/h4-11H,1-3H3,(H,21,22). The van der Waals surface area contributed by atoms with Crippen molar-refractivity contribution in [1.82, 2.24) is 0 Å². The maximum Gasteiger partial charge on any atom is 0.256 e. The molecule has 2 nitrogen and oxygen atoms in total. The summed E-state index contributed by atoms with van der Waals surface area (Å²) < 4.78 is 0. The lowest BCUT2D eigenvalue weighted by Crippen LogP contribution is -2.10. The molecule has 0 aromatic heterocycles. The van der Waals surface area contributed by atoms with Gasteiger partial charge in [-0.15, -0.1) is 0 Å². The van der Waals surface area contributed by atoms with Crippen molar-refractivity contribution in [1.29, 1.82) is 0 Å². The van der Waals surface area contributed by atoms with Crippen molar-refractivity contribution in [2.75, 3.05) is 5.32 Å². The van der Waals surface area contributed by atoms with Crippen molar-refractivity contribution in [3.63, 3.8) is 0 Å². The fraction of sp³-hybridized carbons (Fsp3) is 0.211. The van der Waals surface area contributed by atoms with Gasteiger partial charge in [0.15, 0.2) is 0 Å². The van der Waals surface area contributed by atoms with E-state index in [0.29, 0.717) is 10.6 Å². The fourth-order valence-corrected chi connectivity index (χ4v) is 2.72. The van der Waals surface area contributed by atoms with Gasteiger partial charge in [-0.2, -0.15) is 0 Å². The summed E-state index contributed by atoms with van der Waals surface area (Å²) in [7, 11) is 0. The highest BCUT2D eigenvalue weighted by Crippen LogP contribution is 2.35. The lowest BCUT2D eigenvalue weighted by atomic mass is 9.86. The number of benzene rings is 2. The van der Waals surface area contributed by atoms with Gasteiger partial charge < -0.3 is 5.32 Å². The smallest absolute Gasteiger partial charge is 0.256 e. The predicted octanol–water partition coefficient (Wildman–Crippen LogP) is 5.13. The molecule has 1 N–H and O–H groups in total. The number of fused-ring (bicyclic) bond motifs is 1. The second-order valence-corrected chi connectivity index (χ2v) is 7.01. The van der Waals surface area contributed by atoms with Crippen LogP contribution in [0, 0.1) is 0 Å². The number of carbonyl (C=O) groups excluding carboxylic acids is 1. The highest BCUT2D eigenvalue weighted by Gasteiger charge is 2.24. The van der Waals surface area contributed by atoms with E-state index >= 15 is 0 Å². The molecule has 0 spiro atoms. The van der Waals surface area contributed by atoms with E-state index in [1.807, 2.05) is 30.3 Å². The third kappa shape index (κ3) is 2.79. The molecule has 0 bridgehead atoms. The van der Waals surface area contributed by atoms with Crippen molar-refractivity contribution in [2.45, 2.75) is 26.2 Å². The third-order valence-electron chi connectivity index (χ3n) is 3.85. The van der Waals surface area contributed by atoms with E-state index in [4.69, 9.17) is 11.6 Å². The molecule has 0 fully saturated rings. The SMILES string of the molecule is CC(C)(C)c1ccc(C=C2C(=O)Nc3ccc(Cl)cc32)cc1. The Kier molecular flexibility index (Phi) is 3.57. The van der Waals surface area contributed by atoms with E-state index in [0.717, 1.165) is 16.8 Å². The van der Waals surface area contributed by atoms with Crippen molar-refractivity contribution in [3.8, 4) is 0 Å². The molecule has 22 heavy (non-hydrogen) atoms. The van der Waals surface area contributed by atoms with Crippen LogP contribution in [0.2, 0.25) is 5.02 Å². The van der Waals surface area contributed by atoms with E-state index in [2.05, 4.69) is 38.2 Å². The molecular formula is C19H18ClNO. The fourth-order valence-electron chi connectivity index (χ4n) is 2.55. The Bertz CT molecular complexity index is 767. The number of hydrogen-bond acceptors (Lipinski definition) is 1. The summed E-state index contributed by atoms with van der Waals surface area (Å²) in [5, 5.41) is 3.49. The normalized spacial score (nSPS) is 15.8. The molecule has 1 amide bonds. The first-order chi connectivity index (χ1) is 10.3. The van der Waals surface area contributed by atoms with Crippen molar-refractivity contribution < 1.29 is 4.79 Å². The summed E-state index contributed by atoms with van der Waals surface area (Å²) in [5.41, 5.74) is 4.72. The van der Waals surface area contributed by atoms with Gasteiger partial charge in [-0.05, 0) is 40.8 Å². The molecule has 3 rings (SSSR count). The molecule has 2 aromatic rings. The van der Waals surface area contributed by atoms with Gasteiger partial charge >= 0.3 is 0 Å². The highest BCUT2D eigenvalue weighted by molar-refractivity contribution is 6.36. The van der Waals surface area contributed by atoms with Gasteiger partial charge in [-0.3, -0.25) is 4.79 Å². The minimum atomic E-state index is -0.0860. The van der Waals surface area contributed by atoms with Crippen LogP contribution in [0.4, 0.5) is 5.69 Å². The molecule has 3 heteroatoms. The van der Waals surface area contributed by atoms with E-state index in [1.165, 1.54) is 5.56 Å². The zero-order valence-corrected chi connectivity index (χ0v) is 13.7. The maximum atomic E-state index is 12.2. The van der Waals surface area contributed by atoms with Crippen LogP contribution in [0.1, 0.15) is 37.5 Å². The Morgan fingerprint density at radius 1 is 1.05 bits per heavy atom. The number of rotatable bonds is 1. The number of carbonyl (C=O) groups is 1. The summed E-state index contributed by atoms with van der Waals surface area (Å²) in [6.45, 7) is 6.55. The average Bonchev–Trinajstić information content (AvgIpc) is 2.75. The number of halogens is 1. The summed E-state index contributed by atoms with van der Waals surface area (Å²) in [6, 6.07) is 13.7. The number of anilines is 1. The molecule has 1 aliphatic rings. The van der Waals surface area contributed by atoms with Crippen molar-refractivity contribution in [3.05, 3.63) is 64.2 Å². The lowest BCUT2D eigenvalue weighted by molar-refractivity contribution is -0.110. The van der Waals surface area contributed by atoms with Crippen LogP contribution in [0.15, 0.2) is 42.5 Å². The molecule has 0 atom stereocenters. The summed E-state index contributed by atoms with van der Waals surface area (Å²) in [5.74, 6) is -0.0860. The van der Waals surface area contributed by atoms with Crippen molar-refractivity contribution >= 4 is 34.8 Å². The zero-order chi connectivity index (χ0) is 15.9. The molecule has 0 unspecified atom stereocenters. The Labute approximate surface area is 135 Å². The molecular weight excluding hydrogens is 294 g/mol. The third-order valence-corrected chi connectivity index (χ3v) is 4.09. The summed E-state index contributed by atoms with van der Waals surface area (Å²) in [4.78, 5) is 12.2. The monoisotopic (exact) mass is 311 g/mol.